The molecule has 0 aliphatic heterocycles. The van der Waals surface area contributed by atoms with Crippen LogP contribution < -0.4 is 22.9 Å². The first kappa shape index (κ1) is 99.8. The van der Waals surface area contributed by atoms with Crippen molar-refractivity contribution < 1.29 is 76.3 Å². The predicted molar refractivity (Wildman–Crippen MR) is 357 cm³/mol. The number of nitrogens with two attached hydrogens (primary N) is 4. The van der Waals surface area contributed by atoms with Crippen molar-refractivity contribution in [3.63, 3.8) is 0 Å². The van der Waals surface area contributed by atoms with E-state index in [2.05, 4.69) is 0 Å². The normalized spacial score (nSPS) is 13.5. The molecule has 4 atom stereocenters. The zero-order valence-electron chi connectivity index (χ0n) is 64.0. The van der Waals surface area contributed by atoms with Crippen LogP contribution in [0.1, 0.15) is 284 Å². The minimum atomic E-state index is -0.528. The molecule has 20 nitrogen and oxygen atoms in total. The zero-order valence-corrected chi connectivity index (χ0v) is 64.0. The maximum atomic E-state index is 11.3. The van der Waals surface area contributed by atoms with Gasteiger partial charge in [-0.2, -0.15) is 0 Å². The van der Waals surface area contributed by atoms with E-state index in [9.17, 15) is 38.4 Å². The minimum absolute atomic E-state index is 0.0285. The third kappa shape index (κ3) is 75.8. The number of carbonyl (C=O) groups is 8. The second-order valence-corrected chi connectivity index (χ2v) is 33.1. The lowest BCUT2D eigenvalue weighted by Crippen LogP contribution is -2.40. The van der Waals surface area contributed by atoms with Gasteiger partial charge in [-0.1, -0.05) is 69.2 Å². The van der Waals surface area contributed by atoms with Crippen LogP contribution in [0.15, 0.2) is 0 Å². The molecule has 1 unspecified atom stereocenters. The highest BCUT2D eigenvalue weighted by Crippen LogP contribution is 2.22. The van der Waals surface area contributed by atoms with Gasteiger partial charge in [0.05, 0.1) is 22.7 Å². The van der Waals surface area contributed by atoms with Gasteiger partial charge in [0.15, 0.2) is 0 Å². The molecule has 0 amide bonds. The number of hydrogen-bond donors (Lipinski definition) is 4. The molecule has 0 bridgehead atoms. The van der Waals surface area contributed by atoms with Crippen molar-refractivity contribution in [3.05, 3.63) is 0 Å². The van der Waals surface area contributed by atoms with Gasteiger partial charge in [-0.05, 0) is 232 Å². The third-order valence-electron chi connectivity index (χ3n) is 8.75. The minimum Gasteiger partial charge on any atom is -0.460 e. The quantitative estimate of drug-likeness (QED) is 0.123. The van der Waals surface area contributed by atoms with E-state index in [1.54, 1.807) is 6.92 Å². The molecule has 0 aliphatic rings. The Hall–Kier alpha value is -4.40. The van der Waals surface area contributed by atoms with Gasteiger partial charge in [-0.25, -0.2) is 0 Å². The fourth-order valence-electron chi connectivity index (χ4n) is 4.02. The van der Waals surface area contributed by atoms with Crippen molar-refractivity contribution in [2.75, 3.05) is 0 Å². The molecule has 0 aromatic heterocycles. The summed E-state index contributed by atoms with van der Waals surface area (Å²) in [6.07, 6.45) is 0. The summed E-state index contributed by atoms with van der Waals surface area (Å²) in [4.78, 5) is 89.0. The summed E-state index contributed by atoms with van der Waals surface area (Å²) in [7, 11) is 0. The Bertz CT molecular complexity index is 1790. The molecule has 0 fully saturated rings. The highest BCUT2D eigenvalue weighted by atomic mass is 16.6. The number of carbonyl (C=O) groups excluding carboxylic acids is 8. The first-order valence-corrected chi connectivity index (χ1v) is 30.8. The third-order valence-corrected chi connectivity index (χ3v) is 8.75. The van der Waals surface area contributed by atoms with Crippen LogP contribution >= 0.6 is 0 Å². The van der Waals surface area contributed by atoms with Gasteiger partial charge in [-0.15, -0.1) is 0 Å². The lowest BCUT2D eigenvalue weighted by Gasteiger charge is -2.25. The van der Waals surface area contributed by atoms with Crippen molar-refractivity contribution in [2.45, 2.75) is 353 Å². The van der Waals surface area contributed by atoms with Crippen molar-refractivity contribution in [3.8, 4) is 0 Å². The topological polar surface area (TPSA) is 314 Å². The Morgan fingerprint density at radius 1 is 0.227 bits per heavy atom. The van der Waals surface area contributed by atoms with Crippen LogP contribution in [0.2, 0.25) is 0 Å². The Morgan fingerprint density at radius 3 is 0.432 bits per heavy atom. The molecule has 0 aromatic carbocycles. The molecule has 0 saturated heterocycles. The Labute approximate surface area is 538 Å². The second kappa shape index (κ2) is 41.9. The molecule has 8 N–H and O–H groups in total. The summed E-state index contributed by atoms with van der Waals surface area (Å²) in [6.45, 7) is 75.7. The summed E-state index contributed by atoms with van der Waals surface area (Å²) >= 11 is 0. The summed E-state index contributed by atoms with van der Waals surface area (Å²) in [6, 6.07) is -2.06. The maximum Gasteiger partial charge on any atom is 0.323 e. The molecular formula is C68H140N4O16. The SMILES string of the molecule is CC(C)(C)OC(=O)C(C)(C)C.CC(C)(C)OC(=O)C(C)(C)C.CC(C)C(=O)OC(C)(C)C.CC(C)C(=O)OC(C)(C)C.CC(C)C(N)C(=O)OC(C)(C)C.CC(C)[C@@H](N)C(=O)OC(C)(C)C.CC(C)[C@H](N)C(=O)OC(C)(C)C.C[C@@H](N)C(=O)OC(C)(C)C. The number of ether oxygens (including phenoxy) is 8. The van der Waals surface area contributed by atoms with Crippen LogP contribution in [0.3, 0.4) is 0 Å². The molecule has 0 saturated carbocycles. The fraction of sp³-hybridized carbons (Fsp3) is 0.882. The van der Waals surface area contributed by atoms with Crippen LogP contribution in [0.25, 0.3) is 0 Å². The Kier molecular flexibility index (Phi) is 47.5. The van der Waals surface area contributed by atoms with Crippen molar-refractivity contribution in [1.29, 1.82) is 0 Å². The van der Waals surface area contributed by atoms with E-state index in [0.717, 1.165) is 0 Å². The first-order chi connectivity index (χ1) is 38.0. The molecule has 20 heteroatoms. The molecule has 0 aromatic rings. The van der Waals surface area contributed by atoms with Crippen molar-refractivity contribution in [2.24, 2.45) is 63.4 Å². The lowest BCUT2D eigenvalue weighted by atomic mass is 9.97. The van der Waals surface area contributed by atoms with Crippen LogP contribution in [0, 0.1) is 40.4 Å². The van der Waals surface area contributed by atoms with E-state index in [1.807, 2.05) is 277 Å². The lowest BCUT2D eigenvalue weighted by molar-refractivity contribution is -0.165. The first-order valence-electron chi connectivity index (χ1n) is 30.8. The molecule has 0 heterocycles. The number of rotatable bonds is 9. The number of hydrogen-bond acceptors (Lipinski definition) is 20. The van der Waals surface area contributed by atoms with E-state index >= 15 is 0 Å². The molecular weight excluding hydrogens is 1130 g/mol. The van der Waals surface area contributed by atoms with Gasteiger partial charge in [-0.3, -0.25) is 38.4 Å². The molecule has 0 radical (unpaired) electrons. The smallest absolute Gasteiger partial charge is 0.323 e. The molecule has 88 heavy (non-hydrogen) atoms. The van der Waals surface area contributed by atoms with E-state index < -0.39 is 57.4 Å². The second-order valence-electron chi connectivity index (χ2n) is 33.1. The largest absolute Gasteiger partial charge is 0.460 e. The molecule has 0 rings (SSSR count). The average molecular weight is 1270 g/mol. The Morgan fingerprint density at radius 2 is 0.364 bits per heavy atom. The monoisotopic (exact) mass is 1270 g/mol. The maximum absolute atomic E-state index is 11.3. The van der Waals surface area contributed by atoms with E-state index in [0.29, 0.717) is 0 Å². The van der Waals surface area contributed by atoms with Gasteiger partial charge >= 0.3 is 47.8 Å². The van der Waals surface area contributed by atoms with Crippen molar-refractivity contribution >= 4 is 47.8 Å². The average Bonchev–Trinajstić information content (AvgIpc) is 3.21. The van der Waals surface area contributed by atoms with Crippen LogP contribution in [0.5, 0.6) is 0 Å². The summed E-state index contributed by atoms with van der Waals surface area (Å²) < 4.78 is 40.7. The fourth-order valence-corrected chi connectivity index (χ4v) is 4.02. The van der Waals surface area contributed by atoms with Gasteiger partial charge in [0.2, 0.25) is 0 Å². The highest BCUT2D eigenvalue weighted by molar-refractivity contribution is 5.78. The zero-order chi connectivity index (χ0) is 73.5. The van der Waals surface area contributed by atoms with Gasteiger partial charge in [0.25, 0.3) is 0 Å². The van der Waals surface area contributed by atoms with E-state index in [4.69, 9.17) is 60.8 Å². The Balaban J connectivity index is -0.000000139. The van der Waals surface area contributed by atoms with Crippen LogP contribution in [0.4, 0.5) is 0 Å². The van der Waals surface area contributed by atoms with Crippen LogP contribution in [-0.2, 0) is 76.3 Å². The number of esters is 8. The van der Waals surface area contributed by atoms with Crippen molar-refractivity contribution in [1.82, 2.24) is 0 Å². The molecule has 528 valence electrons. The summed E-state index contributed by atoms with van der Waals surface area (Å²) in [5, 5.41) is 0. The van der Waals surface area contributed by atoms with E-state index in [-0.39, 0.29) is 99.7 Å². The summed E-state index contributed by atoms with van der Waals surface area (Å²) in [5.41, 5.74) is 18.1. The van der Waals surface area contributed by atoms with Gasteiger partial charge < -0.3 is 60.8 Å². The van der Waals surface area contributed by atoms with Crippen LogP contribution in [-0.4, -0.2) is 117 Å². The molecule has 0 spiro atoms. The van der Waals surface area contributed by atoms with Gasteiger partial charge in [0.1, 0.15) is 69.0 Å². The summed E-state index contributed by atoms with van der Waals surface area (Å²) in [5.74, 6) is -1.56. The van der Waals surface area contributed by atoms with E-state index in [1.165, 1.54) is 0 Å². The standard InChI is InChI=1S/3C9H19NO2.2C9H18O2.2C8H16O2.C7H15NO2/c3*1-6(2)7(10)8(11)12-9(3,4)5;2*1-8(2,3)7(10)11-9(4,5)6;2*1-6(2)7(9)10-8(3,4)5;1-5(8)6(9)10-7(2,3)4/h3*6-7H,10H2,1-5H3;2*1-6H3;2*6H,1-5H3;5H,8H2,1-4H3/t2*7-;;;;;;5-/m10.....1/s1. The molecule has 0 aliphatic carbocycles. The van der Waals surface area contributed by atoms with Gasteiger partial charge in [0, 0.05) is 0 Å². The highest BCUT2D eigenvalue weighted by Gasteiger charge is 2.30. The predicted octanol–water partition coefficient (Wildman–Crippen LogP) is 13.3.